The molecule has 6 nitrogen and oxygen atoms in total. The minimum absolute atomic E-state index is 0.0662. The van der Waals surface area contributed by atoms with Crippen molar-refractivity contribution in [2.75, 3.05) is 26.1 Å². The van der Waals surface area contributed by atoms with Gasteiger partial charge in [0.15, 0.2) is 23.3 Å². The standard InChI is InChI=1S/C12H15F5N2O4Si/c1-22-24(21,23-2)5-3-4-18-12(20)19-11-9(16)7(14)6(13)8(15)10(11)17/h21H,3-5H2,1-2H3,(H2,18,19,20). The van der Waals surface area contributed by atoms with E-state index in [2.05, 4.69) is 5.32 Å². The number of amides is 2. The number of nitrogens with one attached hydrogen (secondary N) is 2. The molecule has 0 radical (unpaired) electrons. The fraction of sp³-hybridized carbons (Fsp3) is 0.417. The van der Waals surface area contributed by atoms with Crippen molar-refractivity contribution in [1.29, 1.82) is 0 Å². The van der Waals surface area contributed by atoms with Crippen molar-refractivity contribution in [2.45, 2.75) is 12.5 Å². The molecule has 0 spiro atoms. The van der Waals surface area contributed by atoms with E-state index < -0.39 is 49.6 Å². The van der Waals surface area contributed by atoms with E-state index >= 15 is 0 Å². The van der Waals surface area contributed by atoms with Gasteiger partial charge in [-0.15, -0.1) is 0 Å². The number of carbonyl (C=O) groups is 1. The zero-order valence-corrected chi connectivity index (χ0v) is 13.7. The number of urea groups is 1. The first kappa shape index (κ1) is 20.3. The van der Waals surface area contributed by atoms with Crippen LogP contribution in [-0.4, -0.2) is 40.4 Å². The highest BCUT2D eigenvalue weighted by Crippen LogP contribution is 2.26. The van der Waals surface area contributed by atoms with Gasteiger partial charge in [-0.05, 0) is 6.42 Å². The first-order chi connectivity index (χ1) is 11.2. The summed E-state index contributed by atoms with van der Waals surface area (Å²) >= 11 is 0. The van der Waals surface area contributed by atoms with Gasteiger partial charge in [-0.1, -0.05) is 0 Å². The van der Waals surface area contributed by atoms with Crippen molar-refractivity contribution < 1.29 is 40.4 Å². The molecule has 0 atom stereocenters. The lowest BCUT2D eigenvalue weighted by atomic mass is 10.2. The highest BCUT2D eigenvalue weighted by Gasteiger charge is 2.33. The maximum atomic E-state index is 13.4. The van der Waals surface area contributed by atoms with Gasteiger partial charge < -0.3 is 24.3 Å². The van der Waals surface area contributed by atoms with Gasteiger partial charge in [-0.25, -0.2) is 26.7 Å². The molecule has 0 aliphatic carbocycles. The van der Waals surface area contributed by atoms with E-state index in [0.29, 0.717) is 0 Å². The zero-order chi connectivity index (χ0) is 18.5. The average molecular weight is 374 g/mol. The van der Waals surface area contributed by atoms with E-state index in [1.54, 1.807) is 5.32 Å². The molecule has 0 bridgehead atoms. The summed E-state index contributed by atoms with van der Waals surface area (Å²) in [6, 6.07) is -1.10. The first-order valence-electron chi connectivity index (χ1n) is 6.55. The zero-order valence-electron chi connectivity index (χ0n) is 12.7. The molecule has 12 heteroatoms. The Bertz CT molecular complexity index is 587. The van der Waals surface area contributed by atoms with E-state index in [1.165, 1.54) is 14.2 Å². The van der Waals surface area contributed by atoms with Crippen molar-refractivity contribution in [2.24, 2.45) is 0 Å². The lowest BCUT2D eigenvalue weighted by Crippen LogP contribution is -2.41. The van der Waals surface area contributed by atoms with Crippen LogP contribution in [0.1, 0.15) is 6.42 Å². The Labute approximate surface area is 134 Å². The maximum absolute atomic E-state index is 13.4. The molecule has 0 heterocycles. The Hall–Kier alpha value is -1.76. The van der Waals surface area contributed by atoms with E-state index in [0.717, 1.165) is 0 Å². The third kappa shape index (κ3) is 4.63. The minimum Gasteiger partial charge on any atom is -0.390 e. The summed E-state index contributed by atoms with van der Waals surface area (Å²) in [6.07, 6.45) is 0.189. The third-order valence-electron chi connectivity index (χ3n) is 3.04. The highest BCUT2D eigenvalue weighted by molar-refractivity contribution is 6.59. The molecule has 1 rings (SSSR count). The molecule has 136 valence electrons. The number of halogens is 5. The molecule has 24 heavy (non-hydrogen) atoms. The summed E-state index contributed by atoms with van der Waals surface area (Å²) in [5.74, 6) is -11.0. The normalized spacial score (nSPS) is 11.5. The molecule has 1 aromatic carbocycles. The molecule has 0 saturated carbocycles. The van der Waals surface area contributed by atoms with Gasteiger partial charge in [0.05, 0.1) is 0 Å². The monoisotopic (exact) mass is 374 g/mol. The second-order valence-corrected chi connectivity index (χ2v) is 7.29. The predicted molar refractivity (Wildman–Crippen MR) is 74.7 cm³/mol. The van der Waals surface area contributed by atoms with Gasteiger partial charge >= 0.3 is 14.8 Å². The number of anilines is 1. The second-order valence-electron chi connectivity index (χ2n) is 4.55. The lowest BCUT2D eigenvalue weighted by Gasteiger charge is -2.19. The van der Waals surface area contributed by atoms with Crippen LogP contribution < -0.4 is 10.6 Å². The van der Waals surface area contributed by atoms with Crippen LogP contribution in [-0.2, 0) is 8.85 Å². The van der Waals surface area contributed by atoms with E-state index in [9.17, 15) is 31.5 Å². The Balaban J connectivity index is 2.64. The second kappa shape index (κ2) is 8.37. The number of hydrogen-bond acceptors (Lipinski definition) is 4. The van der Waals surface area contributed by atoms with E-state index in [1.807, 2.05) is 0 Å². The van der Waals surface area contributed by atoms with Crippen LogP contribution in [0.4, 0.5) is 32.4 Å². The smallest absolute Gasteiger partial charge is 0.390 e. The number of carbonyl (C=O) groups excluding carboxylic acids is 1. The fourth-order valence-corrected chi connectivity index (χ4v) is 2.87. The van der Waals surface area contributed by atoms with E-state index in [-0.39, 0.29) is 19.0 Å². The Kier molecular flexibility index (Phi) is 7.07. The number of rotatable bonds is 7. The van der Waals surface area contributed by atoms with E-state index in [4.69, 9.17) is 8.85 Å². The average Bonchev–Trinajstić information content (AvgIpc) is 2.58. The Morgan fingerprint density at radius 1 is 1.00 bits per heavy atom. The van der Waals surface area contributed by atoms with Crippen molar-refractivity contribution in [3.8, 4) is 0 Å². The van der Waals surface area contributed by atoms with Crippen molar-refractivity contribution in [3.63, 3.8) is 0 Å². The van der Waals surface area contributed by atoms with Crippen LogP contribution >= 0.6 is 0 Å². The van der Waals surface area contributed by atoms with Crippen molar-refractivity contribution in [1.82, 2.24) is 5.32 Å². The summed E-state index contributed by atoms with van der Waals surface area (Å²) in [6.45, 7) is -0.0662. The van der Waals surface area contributed by atoms with Crippen molar-refractivity contribution >= 4 is 20.5 Å². The summed E-state index contributed by atoms with van der Waals surface area (Å²) in [4.78, 5) is 21.2. The molecule has 3 N–H and O–H groups in total. The van der Waals surface area contributed by atoms with Gasteiger partial charge in [-0.3, -0.25) is 0 Å². The summed E-state index contributed by atoms with van der Waals surface area (Å²) in [7, 11) is -0.817. The summed E-state index contributed by atoms with van der Waals surface area (Å²) in [5.41, 5.74) is -1.46. The van der Waals surface area contributed by atoms with Crippen LogP contribution in [0.3, 0.4) is 0 Å². The van der Waals surface area contributed by atoms with Gasteiger partial charge in [0, 0.05) is 26.8 Å². The topological polar surface area (TPSA) is 79.8 Å². The van der Waals surface area contributed by atoms with Gasteiger partial charge in [0.25, 0.3) is 0 Å². The molecule has 0 aliphatic heterocycles. The molecule has 0 aromatic heterocycles. The fourth-order valence-electron chi connectivity index (χ4n) is 1.67. The molecular weight excluding hydrogens is 359 g/mol. The molecule has 0 saturated heterocycles. The SMILES string of the molecule is CO[Si](O)(CCCNC(=O)Nc1c(F)c(F)c(F)c(F)c1F)OC. The maximum Gasteiger partial charge on any atom is 0.497 e. The first-order valence-corrected chi connectivity index (χ1v) is 8.53. The van der Waals surface area contributed by atoms with Crippen LogP contribution in [0.5, 0.6) is 0 Å². The van der Waals surface area contributed by atoms with Gasteiger partial charge in [0.1, 0.15) is 5.69 Å². The molecule has 0 aliphatic rings. The molecule has 2 amide bonds. The van der Waals surface area contributed by atoms with Crippen LogP contribution in [0.2, 0.25) is 6.04 Å². The molecular formula is C12H15F5N2O4Si. The molecule has 1 aromatic rings. The summed E-state index contributed by atoms with van der Waals surface area (Å²) in [5, 5.41) is 3.69. The van der Waals surface area contributed by atoms with Crippen molar-refractivity contribution in [3.05, 3.63) is 29.1 Å². The number of benzene rings is 1. The van der Waals surface area contributed by atoms with Gasteiger partial charge in [-0.2, -0.15) is 0 Å². The Morgan fingerprint density at radius 3 is 1.92 bits per heavy atom. The van der Waals surface area contributed by atoms with Crippen LogP contribution in [0, 0.1) is 29.1 Å². The Morgan fingerprint density at radius 2 is 1.46 bits per heavy atom. The predicted octanol–water partition coefficient (Wildman–Crippen LogP) is 2.12. The molecule has 0 unspecified atom stereocenters. The minimum atomic E-state index is -3.32. The largest absolute Gasteiger partial charge is 0.497 e. The quantitative estimate of drug-likeness (QED) is 0.225. The molecule has 0 fully saturated rings. The summed E-state index contributed by atoms with van der Waals surface area (Å²) < 4.78 is 75.2. The highest BCUT2D eigenvalue weighted by atomic mass is 28.4. The number of hydrogen-bond donors (Lipinski definition) is 3. The van der Waals surface area contributed by atoms with Crippen LogP contribution in [0.15, 0.2) is 0 Å². The lowest BCUT2D eigenvalue weighted by molar-refractivity contribution is 0.150. The third-order valence-corrected chi connectivity index (χ3v) is 5.30. The van der Waals surface area contributed by atoms with Crippen LogP contribution in [0.25, 0.3) is 0 Å². The van der Waals surface area contributed by atoms with Gasteiger partial charge in [0.2, 0.25) is 5.82 Å².